The minimum absolute atomic E-state index is 0.119. The number of carbonyl (C=O) groups excluding carboxylic acids is 3. The van der Waals surface area contributed by atoms with Crippen molar-refractivity contribution in [2.75, 3.05) is 10.6 Å². The van der Waals surface area contributed by atoms with E-state index >= 15 is 0 Å². The van der Waals surface area contributed by atoms with E-state index in [1.54, 1.807) is 60.4 Å². The highest BCUT2D eigenvalue weighted by Crippen LogP contribution is 2.31. The molecule has 4 aromatic heterocycles. The van der Waals surface area contributed by atoms with Gasteiger partial charge in [-0.05, 0) is 53.4 Å². The molecule has 3 amide bonds. The van der Waals surface area contributed by atoms with Gasteiger partial charge in [-0.2, -0.15) is 0 Å². The van der Waals surface area contributed by atoms with E-state index in [4.69, 9.17) is 11.6 Å². The Morgan fingerprint density at radius 2 is 2.00 bits per heavy atom. The summed E-state index contributed by atoms with van der Waals surface area (Å²) in [4.78, 5) is 53.5. The lowest BCUT2D eigenvalue weighted by Gasteiger charge is -2.28. The number of halogens is 1. The highest BCUT2D eigenvalue weighted by Gasteiger charge is 2.36. The summed E-state index contributed by atoms with van der Waals surface area (Å²) >= 11 is 7.81. The second kappa shape index (κ2) is 10.3. The van der Waals surface area contributed by atoms with E-state index in [2.05, 4.69) is 25.6 Å². The normalized spacial score (nSPS) is 15.1. The Morgan fingerprint density at radius 1 is 1.10 bits per heavy atom. The van der Waals surface area contributed by atoms with Gasteiger partial charge in [0.1, 0.15) is 16.7 Å². The van der Waals surface area contributed by atoms with Gasteiger partial charge in [0.05, 0.1) is 28.0 Å². The maximum atomic E-state index is 13.6. The molecule has 3 N–H and O–H groups in total. The molecule has 1 aliphatic heterocycles. The van der Waals surface area contributed by atoms with Crippen LogP contribution in [0.5, 0.6) is 0 Å². The number of amides is 3. The van der Waals surface area contributed by atoms with Gasteiger partial charge in [-0.15, -0.1) is 11.3 Å². The van der Waals surface area contributed by atoms with Crippen LogP contribution in [0.1, 0.15) is 31.3 Å². The zero-order chi connectivity index (χ0) is 26.9. The van der Waals surface area contributed by atoms with Crippen LogP contribution in [0.3, 0.4) is 0 Å². The number of fused-ring (bicyclic) bond motifs is 2. The third-order valence-corrected chi connectivity index (χ3v) is 7.71. The first kappa shape index (κ1) is 24.8. The number of hydrogen-bond acceptors (Lipinski definition) is 6. The third-order valence-electron chi connectivity index (χ3n) is 6.50. The number of nitrogens with zero attached hydrogens (tertiary/aromatic N) is 3. The predicted molar refractivity (Wildman–Crippen MR) is 150 cm³/mol. The zero-order valence-electron chi connectivity index (χ0n) is 20.3. The Hall–Kier alpha value is -4.54. The first-order chi connectivity index (χ1) is 19.0. The van der Waals surface area contributed by atoms with Crippen molar-refractivity contribution in [3.63, 3.8) is 0 Å². The van der Waals surface area contributed by atoms with Crippen molar-refractivity contribution in [1.82, 2.24) is 19.9 Å². The first-order valence-corrected chi connectivity index (χ1v) is 13.3. The lowest BCUT2D eigenvalue weighted by molar-refractivity contribution is -0.120. The summed E-state index contributed by atoms with van der Waals surface area (Å²) in [7, 11) is 0. The van der Waals surface area contributed by atoms with Crippen LogP contribution in [0.2, 0.25) is 5.02 Å². The number of benzene rings is 1. The standard InChI is InChI=1S/C28H21ClN6O3S/c29-20-11-16(4-5-19(20)26(36)34-24-12-17-6-9-31-22(17)14-32-24)15-35-23(13-18-3-1-2-8-30-18)27(37)33-21-7-10-39-25(21)28(35)38/h1-12,14,23,31H,13,15H2,(H,33,37)(H,32,34,36). The molecule has 11 heteroatoms. The van der Waals surface area contributed by atoms with E-state index in [1.165, 1.54) is 16.2 Å². The Morgan fingerprint density at radius 3 is 2.82 bits per heavy atom. The zero-order valence-corrected chi connectivity index (χ0v) is 21.9. The monoisotopic (exact) mass is 556 g/mol. The number of aromatic nitrogens is 3. The first-order valence-electron chi connectivity index (χ1n) is 12.1. The van der Waals surface area contributed by atoms with E-state index in [0.717, 1.165) is 10.9 Å². The average molecular weight is 557 g/mol. The van der Waals surface area contributed by atoms with Crippen LogP contribution in [0.25, 0.3) is 10.9 Å². The maximum Gasteiger partial charge on any atom is 0.267 e. The van der Waals surface area contributed by atoms with Crippen LogP contribution in [0, 0.1) is 0 Å². The molecule has 194 valence electrons. The van der Waals surface area contributed by atoms with Crippen LogP contribution in [-0.4, -0.2) is 43.6 Å². The predicted octanol–water partition coefficient (Wildman–Crippen LogP) is 5.13. The average Bonchev–Trinajstić information content (AvgIpc) is 3.58. The van der Waals surface area contributed by atoms with Crippen molar-refractivity contribution in [1.29, 1.82) is 0 Å². The molecule has 0 saturated carbocycles. The van der Waals surface area contributed by atoms with Crippen molar-refractivity contribution >= 4 is 63.1 Å². The molecule has 1 aliphatic rings. The maximum absolute atomic E-state index is 13.6. The second-order valence-electron chi connectivity index (χ2n) is 9.03. The molecule has 0 bridgehead atoms. The fourth-order valence-corrected chi connectivity index (χ4v) is 5.64. The Labute approximate surface area is 231 Å². The number of pyridine rings is 2. The van der Waals surface area contributed by atoms with E-state index in [0.29, 0.717) is 27.6 Å². The van der Waals surface area contributed by atoms with Gasteiger partial charge in [0.2, 0.25) is 5.91 Å². The molecule has 6 rings (SSSR count). The molecule has 0 spiro atoms. The summed E-state index contributed by atoms with van der Waals surface area (Å²) in [5.74, 6) is -0.559. The molecule has 5 aromatic rings. The number of thiophene rings is 1. The Balaban J connectivity index is 1.26. The molecule has 1 aromatic carbocycles. The van der Waals surface area contributed by atoms with Crippen LogP contribution >= 0.6 is 22.9 Å². The van der Waals surface area contributed by atoms with Crippen molar-refractivity contribution < 1.29 is 14.4 Å². The van der Waals surface area contributed by atoms with Gasteiger partial charge in [0, 0.05) is 36.4 Å². The summed E-state index contributed by atoms with van der Waals surface area (Å²) in [5.41, 5.74) is 3.00. The number of nitrogens with one attached hydrogen (secondary N) is 3. The molecule has 0 radical (unpaired) electrons. The molecule has 1 unspecified atom stereocenters. The van der Waals surface area contributed by atoms with Crippen LogP contribution < -0.4 is 10.6 Å². The van der Waals surface area contributed by atoms with Crippen molar-refractivity contribution in [2.45, 2.75) is 19.0 Å². The molecule has 0 fully saturated rings. The number of hydrogen-bond donors (Lipinski definition) is 3. The number of H-pyrrole nitrogens is 1. The Kier molecular flexibility index (Phi) is 6.55. The minimum Gasteiger partial charge on any atom is -0.360 e. The molecular formula is C28H21ClN6O3S. The van der Waals surface area contributed by atoms with E-state index in [9.17, 15) is 14.4 Å². The molecule has 9 nitrogen and oxygen atoms in total. The highest BCUT2D eigenvalue weighted by molar-refractivity contribution is 7.12. The summed E-state index contributed by atoms with van der Waals surface area (Å²) in [6.45, 7) is 0.119. The molecule has 0 aliphatic carbocycles. The smallest absolute Gasteiger partial charge is 0.267 e. The van der Waals surface area contributed by atoms with Gasteiger partial charge in [-0.25, -0.2) is 4.98 Å². The van der Waals surface area contributed by atoms with Gasteiger partial charge in [0.15, 0.2) is 0 Å². The Bertz CT molecular complexity index is 1720. The van der Waals surface area contributed by atoms with E-state index < -0.39 is 11.9 Å². The topological polar surface area (TPSA) is 120 Å². The van der Waals surface area contributed by atoms with Crippen LogP contribution in [0.4, 0.5) is 11.5 Å². The van der Waals surface area contributed by atoms with Crippen molar-refractivity contribution in [2.24, 2.45) is 0 Å². The highest BCUT2D eigenvalue weighted by atomic mass is 35.5. The lowest BCUT2D eigenvalue weighted by Crippen LogP contribution is -2.46. The summed E-state index contributed by atoms with van der Waals surface area (Å²) in [6, 6.07) is 15.0. The van der Waals surface area contributed by atoms with E-state index in [-0.39, 0.29) is 35.4 Å². The minimum atomic E-state index is -0.789. The van der Waals surface area contributed by atoms with Gasteiger partial charge in [-0.1, -0.05) is 23.7 Å². The van der Waals surface area contributed by atoms with Gasteiger partial charge in [0.25, 0.3) is 11.8 Å². The lowest BCUT2D eigenvalue weighted by atomic mass is 10.1. The number of carbonyl (C=O) groups is 3. The quantitative estimate of drug-likeness (QED) is 0.268. The number of anilines is 2. The van der Waals surface area contributed by atoms with Gasteiger partial charge < -0.3 is 20.5 Å². The van der Waals surface area contributed by atoms with Crippen molar-refractivity contribution in [3.05, 3.63) is 105 Å². The summed E-state index contributed by atoms with van der Waals surface area (Å²) in [6.07, 6.45) is 5.35. The van der Waals surface area contributed by atoms with E-state index in [1.807, 2.05) is 18.2 Å². The van der Waals surface area contributed by atoms with Gasteiger partial charge in [-0.3, -0.25) is 19.4 Å². The van der Waals surface area contributed by atoms with Crippen LogP contribution in [-0.2, 0) is 17.8 Å². The van der Waals surface area contributed by atoms with Crippen LogP contribution in [0.15, 0.2) is 78.6 Å². The number of aromatic amines is 1. The summed E-state index contributed by atoms with van der Waals surface area (Å²) in [5, 5.41) is 8.56. The molecule has 39 heavy (non-hydrogen) atoms. The van der Waals surface area contributed by atoms with Gasteiger partial charge >= 0.3 is 0 Å². The van der Waals surface area contributed by atoms with Crippen molar-refractivity contribution in [3.8, 4) is 0 Å². The fraction of sp³-hybridized carbons (Fsp3) is 0.107. The largest absolute Gasteiger partial charge is 0.360 e. The second-order valence-corrected chi connectivity index (χ2v) is 10.4. The molecular weight excluding hydrogens is 536 g/mol. The summed E-state index contributed by atoms with van der Waals surface area (Å²) < 4.78 is 0. The molecule has 5 heterocycles. The fourth-order valence-electron chi connectivity index (χ4n) is 4.55. The molecule has 0 saturated heterocycles. The SMILES string of the molecule is O=C(Nc1cc2cc[nH]c2cn1)c1ccc(CN2C(=O)c3sccc3NC(=O)C2Cc2ccccn2)cc1Cl. The molecule has 1 atom stereocenters. The third kappa shape index (κ3) is 4.99. The number of rotatable bonds is 6.